The highest BCUT2D eigenvalue weighted by molar-refractivity contribution is 5.93. The van der Waals surface area contributed by atoms with Gasteiger partial charge in [0.2, 0.25) is 11.8 Å². The largest absolute Gasteiger partial charge is 0.489 e. The molecule has 1 N–H and O–H groups in total. The van der Waals surface area contributed by atoms with E-state index in [0.717, 1.165) is 37.2 Å². The van der Waals surface area contributed by atoms with Gasteiger partial charge in [0, 0.05) is 31.6 Å². The number of likely N-dealkylation sites (tertiary alicyclic amines) is 1. The van der Waals surface area contributed by atoms with Gasteiger partial charge in [0.25, 0.3) is 0 Å². The molecule has 0 aliphatic carbocycles. The molecular weight excluding hydrogens is 352 g/mol. The van der Waals surface area contributed by atoms with Gasteiger partial charge in [0.1, 0.15) is 12.4 Å². The smallest absolute Gasteiger partial charge is 0.224 e. The van der Waals surface area contributed by atoms with Gasteiger partial charge in [0.15, 0.2) is 0 Å². The first kappa shape index (κ1) is 19.9. The first-order valence-electron chi connectivity index (χ1n) is 10.0. The van der Waals surface area contributed by atoms with Gasteiger partial charge < -0.3 is 15.0 Å². The molecular formula is C23H28N2O3. The Kier molecular flexibility index (Phi) is 7.47. The van der Waals surface area contributed by atoms with Gasteiger partial charge in [-0.05, 0) is 42.7 Å². The highest BCUT2D eigenvalue weighted by Crippen LogP contribution is 2.18. The highest BCUT2D eigenvalue weighted by Gasteiger charge is 2.16. The molecule has 0 saturated carbocycles. The van der Waals surface area contributed by atoms with Gasteiger partial charge in [-0.1, -0.05) is 43.2 Å². The number of nitrogens with zero attached hydrogens (tertiary/aromatic N) is 1. The van der Waals surface area contributed by atoms with Gasteiger partial charge in [-0.2, -0.15) is 0 Å². The highest BCUT2D eigenvalue weighted by atomic mass is 16.5. The number of hydrogen-bond donors (Lipinski definition) is 1. The third-order valence-corrected chi connectivity index (χ3v) is 4.91. The fraction of sp³-hybridized carbons (Fsp3) is 0.391. The van der Waals surface area contributed by atoms with Crippen molar-refractivity contribution >= 4 is 17.5 Å². The average Bonchev–Trinajstić information content (AvgIpc) is 3.02. The Labute approximate surface area is 166 Å². The number of amides is 2. The Bertz CT molecular complexity index is 751. The Morgan fingerprint density at radius 1 is 0.857 bits per heavy atom. The summed E-state index contributed by atoms with van der Waals surface area (Å²) < 4.78 is 5.75. The van der Waals surface area contributed by atoms with Crippen LogP contribution < -0.4 is 10.1 Å². The van der Waals surface area contributed by atoms with Crippen molar-refractivity contribution in [3.8, 4) is 5.75 Å². The fourth-order valence-corrected chi connectivity index (χ4v) is 3.30. The lowest BCUT2D eigenvalue weighted by Crippen LogP contribution is -2.32. The molecule has 28 heavy (non-hydrogen) atoms. The van der Waals surface area contributed by atoms with Crippen molar-refractivity contribution in [3.63, 3.8) is 0 Å². The van der Waals surface area contributed by atoms with E-state index in [2.05, 4.69) is 5.32 Å². The first-order chi connectivity index (χ1) is 13.7. The van der Waals surface area contributed by atoms with Crippen LogP contribution in [-0.2, 0) is 16.2 Å². The van der Waals surface area contributed by atoms with E-state index in [9.17, 15) is 9.59 Å². The van der Waals surface area contributed by atoms with Crippen molar-refractivity contribution in [1.82, 2.24) is 4.90 Å². The molecule has 5 heteroatoms. The summed E-state index contributed by atoms with van der Waals surface area (Å²) in [5.74, 6) is 0.695. The quantitative estimate of drug-likeness (QED) is 0.775. The molecule has 0 unspecified atom stereocenters. The van der Waals surface area contributed by atoms with Crippen LogP contribution in [0.5, 0.6) is 5.75 Å². The van der Waals surface area contributed by atoms with E-state index in [4.69, 9.17) is 4.74 Å². The molecule has 0 radical (unpaired) electrons. The summed E-state index contributed by atoms with van der Waals surface area (Å²) >= 11 is 0. The lowest BCUT2D eigenvalue weighted by Gasteiger charge is -2.20. The Hall–Kier alpha value is -2.82. The molecule has 148 valence electrons. The molecule has 2 aromatic carbocycles. The van der Waals surface area contributed by atoms with Gasteiger partial charge >= 0.3 is 0 Å². The molecule has 1 aliphatic heterocycles. The molecule has 0 atom stereocenters. The molecule has 5 nitrogen and oxygen atoms in total. The predicted octanol–water partition coefficient (Wildman–Crippen LogP) is 4.39. The van der Waals surface area contributed by atoms with E-state index < -0.39 is 0 Å². The van der Waals surface area contributed by atoms with Crippen molar-refractivity contribution in [1.29, 1.82) is 0 Å². The van der Waals surface area contributed by atoms with E-state index in [-0.39, 0.29) is 24.7 Å². The average molecular weight is 380 g/mol. The minimum atomic E-state index is -0.138. The number of hydrogen-bond acceptors (Lipinski definition) is 3. The monoisotopic (exact) mass is 380 g/mol. The molecule has 1 aliphatic rings. The Balaban J connectivity index is 1.40. The zero-order valence-corrected chi connectivity index (χ0v) is 16.2. The number of benzene rings is 2. The van der Waals surface area contributed by atoms with Crippen LogP contribution in [0.2, 0.25) is 0 Å². The summed E-state index contributed by atoms with van der Waals surface area (Å²) in [5.41, 5.74) is 1.81. The maximum Gasteiger partial charge on any atom is 0.224 e. The fourth-order valence-electron chi connectivity index (χ4n) is 3.30. The van der Waals surface area contributed by atoms with E-state index >= 15 is 0 Å². The van der Waals surface area contributed by atoms with Crippen LogP contribution in [0.25, 0.3) is 0 Å². The SMILES string of the molecule is O=C(CCC(=O)N1CCCCCC1)Nc1ccc(OCc2ccccc2)cc1. The second-order valence-electron chi connectivity index (χ2n) is 7.14. The molecule has 0 bridgehead atoms. The molecule has 0 spiro atoms. The number of carbonyl (C=O) groups is 2. The Morgan fingerprint density at radius 2 is 1.54 bits per heavy atom. The molecule has 0 aromatic heterocycles. The summed E-state index contributed by atoms with van der Waals surface area (Å²) in [5, 5.41) is 2.85. The second-order valence-corrected chi connectivity index (χ2v) is 7.14. The maximum absolute atomic E-state index is 12.3. The maximum atomic E-state index is 12.3. The summed E-state index contributed by atoms with van der Waals surface area (Å²) in [6.45, 7) is 2.15. The van der Waals surface area contributed by atoms with Crippen molar-refractivity contribution in [3.05, 3.63) is 60.2 Å². The number of nitrogens with one attached hydrogen (secondary N) is 1. The molecule has 1 fully saturated rings. The zero-order valence-electron chi connectivity index (χ0n) is 16.2. The van der Waals surface area contributed by atoms with Crippen LogP contribution in [0.1, 0.15) is 44.1 Å². The minimum Gasteiger partial charge on any atom is -0.489 e. The van der Waals surface area contributed by atoms with Crippen molar-refractivity contribution in [2.75, 3.05) is 18.4 Å². The standard InChI is InChI=1S/C23H28N2O3/c26-22(14-15-23(27)25-16-6-1-2-7-17-25)24-20-10-12-21(13-11-20)28-18-19-8-4-3-5-9-19/h3-5,8-13H,1-2,6-7,14-18H2,(H,24,26). The lowest BCUT2D eigenvalue weighted by atomic mass is 10.2. The van der Waals surface area contributed by atoms with Crippen LogP contribution in [-0.4, -0.2) is 29.8 Å². The van der Waals surface area contributed by atoms with Crippen LogP contribution >= 0.6 is 0 Å². The summed E-state index contributed by atoms with van der Waals surface area (Å²) in [6, 6.07) is 17.3. The van der Waals surface area contributed by atoms with Crippen LogP contribution in [0.15, 0.2) is 54.6 Å². The zero-order chi connectivity index (χ0) is 19.6. The number of rotatable bonds is 7. The van der Waals surface area contributed by atoms with E-state index in [1.807, 2.05) is 59.5 Å². The van der Waals surface area contributed by atoms with Crippen LogP contribution in [0, 0.1) is 0 Å². The molecule has 1 heterocycles. The summed E-state index contributed by atoms with van der Waals surface area (Å²) in [7, 11) is 0. The van der Waals surface area contributed by atoms with E-state index in [0.29, 0.717) is 12.3 Å². The van der Waals surface area contributed by atoms with Gasteiger partial charge in [-0.15, -0.1) is 0 Å². The second kappa shape index (κ2) is 10.5. The van der Waals surface area contributed by atoms with Crippen LogP contribution in [0.3, 0.4) is 0 Å². The summed E-state index contributed by atoms with van der Waals surface area (Å²) in [4.78, 5) is 26.3. The van der Waals surface area contributed by atoms with Crippen LogP contribution in [0.4, 0.5) is 5.69 Å². The van der Waals surface area contributed by atoms with E-state index in [1.165, 1.54) is 12.8 Å². The molecule has 1 saturated heterocycles. The van der Waals surface area contributed by atoms with Crippen molar-refractivity contribution in [2.45, 2.75) is 45.1 Å². The lowest BCUT2D eigenvalue weighted by molar-refractivity contribution is -0.132. The van der Waals surface area contributed by atoms with Gasteiger partial charge in [-0.3, -0.25) is 9.59 Å². The number of ether oxygens (including phenoxy) is 1. The number of carbonyl (C=O) groups excluding carboxylic acids is 2. The minimum absolute atomic E-state index is 0.0849. The van der Waals surface area contributed by atoms with Crippen molar-refractivity contribution < 1.29 is 14.3 Å². The third-order valence-electron chi connectivity index (χ3n) is 4.91. The third kappa shape index (κ3) is 6.41. The van der Waals surface area contributed by atoms with E-state index in [1.54, 1.807) is 0 Å². The molecule has 3 rings (SSSR count). The predicted molar refractivity (Wildman–Crippen MR) is 110 cm³/mol. The normalized spacial score (nSPS) is 14.2. The molecule has 2 aromatic rings. The first-order valence-corrected chi connectivity index (χ1v) is 10.0. The number of anilines is 1. The van der Waals surface area contributed by atoms with Gasteiger partial charge in [0.05, 0.1) is 0 Å². The van der Waals surface area contributed by atoms with Gasteiger partial charge in [-0.25, -0.2) is 0 Å². The topological polar surface area (TPSA) is 58.6 Å². The molecule has 2 amide bonds. The van der Waals surface area contributed by atoms with Crippen molar-refractivity contribution in [2.24, 2.45) is 0 Å². The summed E-state index contributed by atoms with van der Waals surface area (Å²) in [6.07, 6.45) is 4.99. The Morgan fingerprint density at radius 3 is 2.21 bits per heavy atom.